The van der Waals surface area contributed by atoms with E-state index in [-0.39, 0.29) is 0 Å². The van der Waals surface area contributed by atoms with Gasteiger partial charge in [0.15, 0.2) is 0 Å². The third-order valence-electron chi connectivity index (χ3n) is 4.67. The Kier molecular flexibility index (Phi) is 5.53. The Morgan fingerprint density at radius 1 is 0.786 bits per heavy atom. The van der Waals surface area contributed by atoms with E-state index in [0.29, 0.717) is 6.61 Å². The third-order valence-corrected chi connectivity index (χ3v) is 5.08. The molecule has 4 aromatic rings. The molecule has 138 valence electrons. The average Bonchev–Trinajstić information content (AvgIpc) is 3.16. The largest absolute Gasteiger partial charge is 0.342 e. The van der Waals surface area contributed by atoms with Gasteiger partial charge in [-0.1, -0.05) is 87.7 Å². The van der Waals surface area contributed by atoms with Crippen molar-refractivity contribution < 1.29 is 4.74 Å². The highest BCUT2D eigenvalue weighted by atomic mass is 31.0. The molecule has 0 unspecified atom stereocenters. The van der Waals surface area contributed by atoms with Gasteiger partial charge in [-0.3, -0.25) is 0 Å². The molecule has 28 heavy (non-hydrogen) atoms. The topological polar surface area (TPSA) is 14.2 Å². The molecule has 0 atom stereocenters. The first-order chi connectivity index (χ1) is 13.8. The lowest BCUT2D eigenvalue weighted by molar-refractivity contribution is 0.337. The summed E-state index contributed by atoms with van der Waals surface area (Å²) in [6.45, 7) is 2.60. The predicted octanol–water partition coefficient (Wildman–Crippen LogP) is 6.47. The molecule has 3 heteroatoms. The summed E-state index contributed by atoms with van der Waals surface area (Å²) in [6.07, 6.45) is 0. The van der Waals surface area contributed by atoms with Gasteiger partial charge in [0.1, 0.15) is 5.48 Å². The van der Waals surface area contributed by atoms with Crippen molar-refractivity contribution in [2.45, 2.75) is 6.92 Å². The Balaban J connectivity index is 2.06. The monoisotopic (exact) mass is 383 g/mol. The van der Waals surface area contributed by atoms with Crippen LogP contribution in [-0.4, -0.2) is 16.7 Å². The number of hydrogen-bond acceptors (Lipinski definition) is 1. The van der Waals surface area contributed by atoms with Crippen LogP contribution in [0.15, 0.2) is 97.1 Å². The van der Waals surface area contributed by atoms with Gasteiger partial charge in [0.25, 0.3) is 0 Å². The van der Waals surface area contributed by atoms with Crippen molar-refractivity contribution >= 4 is 14.3 Å². The number of rotatable bonds is 6. The molecule has 4 rings (SSSR count). The second kappa shape index (κ2) is 8.39. The summed E-state index contributed by atoms with van der Waals surface area (Å²) in [5, 5.41) is 0. The van der Waals surface area contributed by atoms with Crippen LogP contribution in [0.2, 0.25) is 0 Å². The minimum absolute atomic E-state index is 0.601. The van der Waals surface area contributed by atoms with E-state index in [0.717, 1.165) is 39.2 Å². The molecule has 0 aliphatic heterocycles. The van der Waals surface area contributed by atoms with E-state index < -0.39 is 0 Å². The van der Waals surface area contributed by atoms with Crippen LogP contribution in [0.3, 0.4) is 0 Å². The molecule has 0 spiro atoms. The van der Waals surface area contributed by atoms with Gasteiger partial charge in [-0.25, -0.2) is 0 Å². The van der Waals surface area contributed by atoms with Crippen molar-refractivity contribution in [2.75, 3.05) is 6.61 Å². The summed E-state index contributed by atoms with van der Waals surface area (Å²) >= 11 is 0. The van der Waals surface area contributed by atoms with Gasteiger partial charge in [-0.15, -0.1) is 0 Å². The SMILES string of the molecule is CCOC(=P)c1cc(-c2ccccc2)n(-c2ccccc2)c1-c1ccccc1. The van der Waals surface area contributed by atoms with Crippen molar-refractivity contribution in [1.29, 1.82) is 0 Å². The first-order valence-corrected chi connectivity index (χ1v) is 9.93. The molecule has 0 saturated heterocycles. The van der Waals surface area contributed by atoms with E-state index in [1.807, 2.05) is 25.1 Å². The number of nitrogens with zero attached hydrogens (tertiary/aromatic N) is 1. The zero-order valence-corrected chi connectivity index (χ0v) is 16.8. The van der Waals surface area contributed by atoms with Crippen LogP contribution in [0.1, 0.15) is 12.5 Å². The van der Waals surface area contributed by atoms with E-state index in [1.165, 1.54) is 0 Å². The smallest absolute Gasteiger partial charge is 0.103 e. The van der Waals surface area contributed by atoms with Gasteiger partial charge in [-0.05, 0) is 36.2 Å². The van der Waals surface area contributed by atoms with E-state index in [1.54, 1.807) is 0 Å². The van der Waals surface area contributed by atoms with Crippen molar-refractivity contribution in [1.82, 2.24) is 4.57 Å². The summed E-state index contributed by atoms with van der Waals surface area (Å²) in [4.78, 5) is 0. The molecular formula is C25H22NOP. The maximum atomic E-state index is 5.85. The van der Waals surface area contributed by atoms with Gasteiger partial charge in [0.05, 0.1) is 18.0 Å². The molecule has 0 N–H and O–H groups in total. The summed E-state index contributed by atoms with van der Waals surface area (Å²) in [5.74, 6) is 0. The van der Waals surface area contributed by atoms with Crippen LogP contribution < -0.4 is 0 Å². The number of hydrogen-bond donors (Lipinski definition) is 0. The van der Waals surface area contributed by atoms with Crippen molar-refractivity contribution in [3.8, 4) is 28.2 Å². The first kappa shape index (κ1) is 18.4. The van der Waals surface area contributed by atoms with Gasteiger partial charge in [-0.2, -0.15) is 0 Å². The molecule has 0 aliphatic carbocycles. The standard InChI is InChI=1S/C25H22NOP/c1-2-27-25(28)22-18-23(19-12-6-3-7-13-19)26(21-16-10-5-11-17-21)24(22)20-14-8-4-9-15-20/h3-18,28H,2H2,1H3. The van der Waals surface area contributed by atoms with E-state index in [2.05, 4.69) is 92.3 Å². The number of aromatic nitrogens is 1. The molecular weight excluding hydrogens is 361 g/mol. The minimum atomic E-state index is 0.601. The molecule has 0 bridgehead atoms. The maximum absolute atomic E-state index is 5.85. The molecule has 0 saturated carbocycles. The van der Waals surface area contributed by atoms with Gasteiger partial charge >= 0.3 is 0 Å². The zero-order valence-electron chi connectivity index (χ0n) is 15.8. The zero-order chi connectivity index (χ0) is 19.3. The Morgan fingerprint density at radius 3 is 1.89 bits per heavy atom. The lowest BCUT2D eigenvalue weighted by Crippen LogP contribution is -2.05. The van der Waals surface area contributed by atoms with Crippen LogP contribution in [-0.2, 0) is 4.74 Å². The van der Waals surface area contributed by atoms with Gasteiger partial charge < -0.3 is 9.30 Å². The number of para-hydroxylation sites is 1. The third kappa shape index (κ3) is 3.57. The van der Waals surface area contributed by atoms with Crippen molar-refractivity contribution in [2.24, 2.45) is 0 Å². The average molecular weight is 383 g/mol. The highest BCUT2D eigenvalue weighted by Gasteiger charge is 2.21. The summed E-state index contributed by atoms with van der Waals surface area (Å²) < 4.78 is 8.15. The second-order valence-electron chi connectivity index (χ2n) is 6.46. The highest BCUT2D eigenvalue weighted by molar-refractivity contribution is 7.21. The molecule has 2 nitrogen and oxygen atoms in total. The van der Waals surface area contributed by atoms with Crippen molar-refractivity contribution in [3.63, 3.8) is 0 Å². The minimum Gasteiger partial charge on any atom is -0.342 e. The summed E-state index contributed by atoms with van der Waals surface area (Å²) in [6, 6.07) is 33.6. The fraction of sp³-hybridized carbons (Fsp3) is 0.0800. The Morgan fingerprint density at radius 2 is 1.32 bits per heavy atom. The van der Waals surface area contributed by atoms with Crippen LogP contribution in [0.5, 0.6) is 0 Å². The molecule has 1 aromatic heterocycles. The van der Waals surface area contributed by atoms with Crippen molar-refractivity contribution in [3.05, 3.63) is 103 Å². The summed E-state index contributed by atoms with van der Waals surface area (Å²) in [5.41, 5.74) is 7.41. The normalized spacial score (nSPS) is 10.8. The van der Waals surface area contributed by atoms with Gasteiger partial charge in [0.2, 0.25) is 0 Å². The lowest BCUT2D eigenvalue weighted by atomic mass is 10.1. The molecule has 0 radical (unpaired) electrons. The first-order valence-electron chi connectivity index (χ1n) is 9.43. The molecule has 0 aliphatic rings. The second-order valence-corrected chi connectivity index (χ2v) is 6.91. The van der Waals surface area contributed by atoms with E-state index in [9.17, 15) is 0 Å². The molecule has 0 amide bonds. The lowest BCUT2D eigenvalue weighted by Gasteiger charge is -2.15. The van der Waals surface area contributed by atoms with Crippen LogP contribution in [0, 0.1) is 0 Å². The van der Waals surface area contributed by atoms with E-state index >= 15 is 0 Å². The Bertz CT molecular complexity index is 1070. The van der Waals surface area contributed by atoms with Crippen LogP contribution in [0.4, 0.5) is 0 Å². The fourth-order valence-corrected chi connectivity index (χ4v) is 3.79. The van der Waals surface area contributed by atoms with E-state index in [4.69, 9.17) is 4.74 Å². The molecule has 1 heterocycles. The fourth-order valence-electron chi connectivity index (χ4n) is 3.45. The maximum Gasteiger partial charge on any atom is 0.103 e. The van der Waals surface area contributed by atoms with Gasteiger partial charge in [0, 0.05) is 11.3 Å². The quantitative estimate of drug-likeness (QED) is 0.348. The highest BCUT2D eigenvalue weighted by Crippen LogP contribution is 2.36. The molecule has 3 aromatic carbocycles. The Labute approximate surface area is 168 Å². The summed E-state index contributed by atoms with van der Waals surface area (Å²) in [7, 11) is 3.73. The Hall–Kier alpha value is -2.93. The van der Waals surface area contributed by atoms with Crippen LogP contribution >= 0.6 is 8.86 Å². The van der Waals surface area contributed by atoms with Crippen LogP contribution in [0.25, 0.3) is 28.2 Å². The number of benzene rings is 3. The molecule has 0 fully saturated rings. The predicted molar refractivity (Wildman–Crippen MR) is 121 cm³/mol. The number of ether oxygens (including phenoxy) is 1.